The van der Waals surface area contributed by atoms with Gasteiger partial charge in [0.15, 0.2) is 0 Å². The number of fused-ring (bicyclic) bond motifs is 6. The Morgan fingerprint density at radius 2 is 1.38 bits per heavy atom. The fourth-order valence-corrected chi connectivity index (χ4v) is 4.78. The molecule has 0 fully saturated rings. The van der Waals surface area contributed by atoms with Crippen LogP contribution in [-0.2, 0) is 6.54 Å². The third-order valence-electron chi connectivity index (χ3n) is 6.16. The minimum atomic E-state index is 0.915. The van der Waals surface area contributed by atoms with Crippen molar-refractivity contribution in [2.75, 3.05) is 23.3 Å². The first-order valence-corrected chi connectivity index (χ1v) is 10.3. The average Bonchev–Trinajstić information content (AvgIpc) is 2.79. The molecule has 1 aliphatic heterocycles. The maximum atomic E-state index is 3.53. The van der Waals surface area contributed by atoms with Crippen molar-refractivity contribution in [1.29, 1.82) is 0 Å². The molecule has 1 N–H and O–H groups in total. The van der Waals surface area contributed by atoms with Crippen LogP contribution in [-0.4, -0.2) is 13.1 Å². The molecule has 0 saturated heterocycles. The fourth-order valence-electron chi connectivity index (χ4n) is 4.78. The Hall–Kier alpha value is -3.52. The predicted molar refractivity (Wildman–Crippen MR) is 125 cm³/mol. The fraction of sp³-hybridized carbons (Fsp3) is 0.111. The van der Waals surface area contributed by atoms with E-state index in [1.54, 1.807) is 0 Å². The highest BCUT2D eigenvalue weighted by molar-refractivity contribution is 6.18. The smallest absolute Gasteiger partial charge is 0.0605 e. The Bertz CT molecular complexity index is 1370. The number of hydrogen-bond donors (Lipinski definition) is 1. The summed E-state index contributed by atoms with van der Waals surface area (Å²) < 4.78 is 0. The van der Waals surface area contributed by atoms with Crippen LogP contribution in [0.1, 0.15) is 5.56 Å². The standard InChI is InChI=1S/C27H22N2/c1-2-8-21-19(7-1)13-14-24-23-10-4-3-9-22(23)20(17-25(21)24)18-29-16-15-28-26-11-5-6-12-27(26)29/h1-14,17,28H,15-16,18H2. The lowest BCUT2D eigenvalue weighted by atomic mass is 9.93. The first-order chi connectivity index (χ1) is 14.4. The number of benzene rings is 5. The molecule has 2 heteroatoms. The van der Waals surface area contributed by atoms with E-state index in [-0.39, 0.29) is 0 Å². The molecule has 6 rings (SSSR count). The molecule has 0 saturated carbocycles. The van der Waals surface area contributed by atoms with Gasteiger partial charge >= 0.3 is 0 Å². The quantitative estimate of drug-likeness (QED) is 0.351. The molecule has 29 heavy (non-hydrogen) atoms. The van der Waals surface area contributed by atoms with Gasteiger partial charge in [0.2, 0.25) is 0 Å². The lowest BCUT2D eigenvalue weighted by molar-refractivity contribution is 0.791. The number of nitrogens with one attached hydrogen (secondary N) is 1. The lowest BCUT2D eigenvalue weighted by Gasteiger charge is -2.32. The van der Waals surface area contributed by atoms with Crippen LogP contribution in [0.3, 0.4) is 0 Å². The first-order valence-electron chi connectivity index (χ1n) is 10.3. The highest BCUT2D eigenvalue weighted by atomic mass is 15.2. The van der Waals surface area contributed by atoms with Crippen molar-refractivity contribution in [2.24, 2.45) is 0 Å². The van der Waals surface area contributed by atoms with Crippen molar-refractivity contribution in [3.05, 3.63) is 96.6 Å². The van der Waals surface area contributed by atoms with Crippen LogP contribution < -0.4 is 10.2 Å². The zero-order valence-corrected chi connectivity index (χ0v) is 16.2. The summed E-state index contributed by atoms with van der Waals surface area (Å²) >= 11 is 0. The Labute approximate surface area is 170 Å². The van der Waals surface area contributed by atoms with E-state index in [4.69, 9.17) is 0 Å². The molecule has 0 unspecified atom stereocenters. The third-order valence-corrected chi connectivity index (χ3v) is 6.16. The maximum absolute atomic E-state index is 3.53. The van der Waals surface area contributed by atoms with Gasteiger partial charge < -0.3 is 10.2 Å². The SMILES string of the molecule is c1ccc2c(c1)NCCN2Cc1cc2c3ccccc3ccc2c2ccccc12. The van der Waals surface area contributed by atoms with E-state index in [2.05, 4.69) is 101 Å². The highest BCUT2D eigenvalue weighted by Crippen LogP contribution is 2.36. The van der Waals surface area contributed by atoms with E-state index in [0.29, 0.717) is 0 Å². The van der Waals surface area contributed by atoms with E-state index >= 15 is 0 Å². The zero-order chi connectivity index (χ0) is 19.2. The highest BCUT2D eigenvalue weighted by Gasteiger charge is 2.18. The van der Waals surface area contributed by atoms with Crippen molar-refractivity contribution < 1.29 is 0 Å². The second-order valence-electron chi connectivity index (χ2n) is 7.83. The van der Waals surface area contributed by atoms with E-state index in [1.807, 2.05) is 0 Å². The second-order valence-corrected chi connectivity index (χ2v) is 7.83. The van der Waals surface area contributed by atoms with E-state index in [9.17, 15) is 0 Å². The number of anilines is 2. The van der Waals surface area contributed by atoms with Crippen LogP contribution in [0.4, 0.5) is 11.4 Å². The Kier molecular flexibility index (Phi) is 3.70. The molecular formula is C27H22N2. The molecular weight excluding hydrogens is 352 g/mol. The minimum Gasteiger partial charge on any atom is -0.382 e. The molecule has 140 valence electrons. The van der Waals surface area contributed by atoms with Gasteiger partial charge in [-0.3, -0.25) is 0 Å². The van der Waals surface area contributed by atoms with Gasteiger partial charge in [-0.1, -0.05) is 72.8 Å². The lowest BCUT2D eigenvalue weighted by Crippen LogP contribution is -2.33. The summed E-state index contributed by atoms with van der Waals surface area (Å²) in [7, 11) is 0. The predicted octanol–water partition coefficient (Wildman–Crippen LogP) is 6.58. The van der Waals surface area contributed by atoms with Gasteiger partial charge in [0.1, 0.15) is 0 Å². The van der Waals surface area contributed by atoms with Crippen LogP contribution in [0.5, 0.6) is 0 Å². The van der Waals surface area contributed by atoms with E-state index < -0.39 is 0 Å². The number of para-hydroxylation sites is 2. The normalized spacial score (nSPS) is 13.6. The zero-order valence-electron chi connectivity index (χ0n) is 16.2. The third kappa shape index (κ3) is 2.64. The Morgan fingerprint density at radius 1 is 0.655 bits per heavy atom. The van der Waals surface area contributed by atoms with Crippen LogP contribution in [0.15, 0.2) is 91.0 Å². The van der Waals surface area contributed by atoms with Gasteiger partial charge in [-0.05, 0) is 56.1 Å². The van der Waals surface area contributed by atoms with Crippen molar-refractivity contribution in [3.63, 3.8) is 0 Å². The topological polar surface area (TPSA) is 15.3 Å². The van der Waals surface area contributed by atoms with Gasteiger partial charge in [-0.25, -0.2) is 0 Å². The van der Waals surface area contributed by atoms with Gasteiger partial charge in [-0.2, -0.15) is 0 Å². The van der Waals surface area contributed by atoms with Gasteiger partial charge in [-0.15, -0.1) is 0 Å². The summed E-state index contributed by atoms with van der Waals surface area (Å²) in [6.07, 6.45) is 0. The molecule has 0 bridgehead atoms. The number of nitrogens with zero attached hydrogens (tertiary/aromatic N) is 1. The molecule has 0 radical (unpaired) electrons. The summed E-state index contributed by atoms with van der Waals surface area (Å²) in [5.74, 6) is 0. The van der Waals surface area contributed by atoms with Crippen LogP contribution in [0.25, 0.3) is 32.3 Å². The second kappa shape index (κ2) is 6.52. The molecule has 0 atom stereocenters. The largest absolute Gasteiger partial charge is 0.382 e. The van der Waals surface area contributed by atoms with Crippen molar-refractivity contribution in [2.45, 2.75) is 6.54 Å². The van der Waals surface area contributed by atoms with Crippen LogP contribution in [0.2, 0.25) is 0 Å². The molecule has 1 heterocycles. The van der Waals surface area contributed by atoms with Crippen LogP contribution >= 0.6 is 0 Å². The summed E-state index contributed by atoms with van der Waals surface area (Å²) in [4.78, 5) is 2.50. The summed E-state index contributed by atoms with van der Waals surface area (Å²) in [6, 6.07) is 33.1. The average molecular weight is 374 g/mol. The Morgan fingerprint density at radius 3 is 2.31 bits per heavy atom. The number of hydrogen-bond acceptors (Lipinski definition) is 2. The molecule has 5 aromatic carbocycles. The monoisotopic (exact) mass is 374 g/mol. The number of rotatable bonds is 2. The summed E-state index contributed by atoms with van der Waals surface area (Å²) in [5, 5.41) is 11.5. The molecule has 0 amide bonds. The maximum Gasteiger partial charge on any atom is 0.0605 e. The molecule has 2 nitrogen and oxygen atoms in total. The van der Waals surface area contributed by atoms with Crippen molar-refractivity contribution in [1.82, 2.24) is 0 Å². The van der Waals surface area contributed by atoms with Gasteiger partial charge in [0, 0.05) is 19.6 Å². The molecule has 0 aliphatic carbocycles. The van der Waals surface area contributed by atoms with E-state index in [1.165, 1.54) is 49.3 Å². The minimum absolute atomic E-state index is 0.915. The van der Waals surface area contributed by atoms with Crippen molar-refractivity contribution >= 4 is 43.7 Å². The molecule has 0 aromatic heterocycles. The molecule has 1 aliphatic rings. The summed E-state index contributed by atoms with van der Waals surface area (Å²) in [5.41, 5.74) is 3.91. The molecule has 5 aromatic rings. The first kappa shape index (κ1) is 16.4. The Balaban J connectivity index is 1.59. The van der Waals surface area contributed by atoms with Crippen LogP contribution in [0, 0.1) is 0 Å². The van der Waals surface area contributed by atoms with E-state index in [0.717, 1.165) is 19.6 Å². The van der Waals surface area contributed by atoms with Gasteiger partial charge in [0.25, 0.3) is 0 Å². The van der Waals surface area contributed by atoms with Gasteiger partial charge in [0.05, 0.1) is 11.4 Å². The summed E-state index contributed by atoms with van der Waals surface area (Å²) in [6.45, 7) is 2.91. The van der Waals surface area contributed by atoms with Crippen molar-refractivity contribution in [3.8, 4) is 0 Å². The molecule has 0 spiro atoms.